The van der Waals surface area contributed by atoms with Gasteiger partial charge >= 0.3 is 0 Å². The van der Waals surface area contributed by atoms with E-state index in [0.717, 1.165) is 22.3 Å². The van der Waals surface area contributed by atoms with Gasteiger partial charge in [0.2, 0.25) is 0 Å². The lowest BCUT2D eigenvalue weighted by atomic mass is 9.91. The molecule has 4 aromatic rings. The lowest BCUT2D eigenvalue weighted by molar-refractivity contribution is -0.0306. The van der Waals surface area contributed by atoms with E-state index in [4.69, 9.17) is 0 Å². The summed E-state index contributed by atoms with van der Waals surface area (Å²) in [4.78, 5) is 18.5. The molecule has 0 aliphatic carbocycles. The monoisotopic (exact) mass is 427 g/mol. The van der Waals surface area contributed by atoms with Gasteiger partial charge in [0.15, 0.2) is 0 Å². The quantitative estimate of drug-likeness (QED) is 0.506. The maximum Gasteiger partial charge on any atom is 0.255 e. The number of amides is 1. The summed E-state index contributed by atoms with van der Waals surface area (Å²) in [5, 5.41) is 20.1. The molecule has 7 nitrogen and oxygen atoms in total. The maximum absolute atomic E-state index is 12.6. The number of aliphatic hydroxyl groups is 1. The van der Waals surface area contributed by atoms with E-state index in [0.29, 0.717) is 38.0 Å². The summed E-state index contributed by atoms with van der Waals surface area (Å²) in [6.45, 7) is 1.42. The molecule has 2 N–H and O–H groups in total. The Morgan fingerprint density at radius 3 is 2.56 bits per heavy atom. The maximum atomic E-state index is 12.6. The molecule has 1 aliphatic heterocycles. The van der Waals surface area contributed by atoms with Crippen LogP contribution in [0.4, 0.5) is 11.4 Å². The van der Waals surface area contributed by atoms with E-state index in [9.17, 15) is 9.90 Å². The summed E-state index contributed by atoms with van der Waals surface area (Å²) in [6, 6.07) is 19.7. The van der Waals surface area contributed by atoms with Gasteiger partial charge in [0.25, 0.3) is 5.91 Å². The number of piperidine rings is 1. The Bertz CT molecular complexity index is 1220. The first kappa shape index (κ1) is 20.2. The fourth-order valence-corrected chi connectivity index (χ4v) is 4.21. The summed E-state index contributed by atoms with van der Waals surface area (Å²) in [6.07, 6.45) is 6.08. The first-order valence-corrected chi connectivity index (χ1v) is 10.8. The number of rotatable bonds is 5. The molecule has 0 unspecified atom stereocenters. The zero-order valence-electron chi connectivity index (χ0n) is 17.7. The van der Waals surface area contributed by atoms with Crippen molar-refractivity contribution in [1.29, 1.82) is 0 Å². The highest BCUT2D eigenvalue weighted by molar-refractivity contribution is 5.94. The number of nitrogens with zero attached hydrogens (tertiary/aromatic N) is 4. The number of carbonyl (C=O) groups excluding carboxylic acids is 1. The Balaban J connectivity index is 1.26. The SMILES string of the molecule is O=C(c1cccnc1)N1CCC(O)(Cn2ncc3cc(Nc4ccccc4)ccc32)CC1. The van der Waals surface area contributed by atoms with Crippen LogP contribution in [0.3, 0.4) is 0 Å². The molecule has 0 atom stereocenters. The van der Waals surface area contributed by atoms with Crippen LogP contribution in [-0.4, -0.2) is 49.4 Å². The number of hydrogen-bond acceptors (Lipinski definition) is 5. The standard InChI is InChI=1S/C25H25N5O2/c31-24(19-5-4-12-26-16-19)29-13-10-25(32,11-14-29)18-30-23-9-8-22(15-20(23)17-27-30)28-21-6-2-1-3-7-21/h1-9,12,15-17,28,32H,10-11,13-14,18H2. The van der Waals surface area contributed by atoms with E-state index < -0.39 is 5.60 Å². The molecule has 2 aromatic heterocycles. The zero-order valence-corrected chi connectivity index (χ0v) is 17.7. The Morgan fingerprint density at radius 1 is 1.00 bits per heavy atom. The smallest absolute Gasteiger partial charge is 0.255 e. The normalized spacial score (nSPS) is 15.6. The van der Waals surface area contributed by atoms with Gasteiger partial charge in [0.1, 0.15) is 0 Å². The molecule has 162 valence electrons. The van der Waals surface area contributed by atoms with Gasteiger partial charge in [0, 0.05) is 42.2 Å². The second-order valence-electron chi connectivity index (χ2n) is 8.33. The third-order valence-corrected chi connectivity index (χ3v) is 6.04. The highest BCUT2D eigenvalue weighted by Gasteiger charge is 2.35. The minimum Gasteiger partial charge on any atom is -0.388 e. The van der Waals surface area contributed by atoms with Crippen LogP contribution in [0.5, 0.6) is 0 Å². The van der Waals surface area contributed by atoms with Crippen molar-refractivity contribution >= 4 is 28.2 Å². The lowest BCUT2D eigenvalue weighted by Gasteiger charge is -2.38. The molecule has 0 saturated carbocycles. The minimum absolute atomic E-state index is 0.0388. The van der Waals surface area contributed by atoms with Crippen LogP contribution in [0.15, 0.2) is 79.3 Å². The average molecular weight is 428 g/mol. The molecule has 1 aliphatic rings. The number of fused-ring (bicyclic) bond motifs is 1. The number of likely N-dealkylation sites (tertiary alicyclic amines) is 1. The fraction of sp³-hybridized carbons (Fsp3) is 0.240. The van der Waals surface area contributed by atoms with Gasteiger partial charge in [-0.2, -0.15) is 5.10 Å². The number of aromatic nitrogens is 3. The van der Waals surface area contributed by atoms with Gasteiger partial charge in [-0.05, 0) is 55.3 Å². The summed E-state index contributed by atoms with van der Waals surface area (Å²) in [7, 11) is 0. The van der Waals surface area contributed by atoms with Crippen molar-refractivity contribution in [3.05, 3.63) is 84.8 Å². The number of pyridine rings is 1. The van der Waals surface area contributed by atoms with E-state index in [1.54, 1.807) is 29.4 Å². The van der Waals surface area contributed by atoms with Crippen LogP contribution in [0.2, 0.25) is 0 Å². The zero-order chi connectivity index (χ0) is 22.0. The molecule has 1 saturated heterocycles. The summed E-state index contributed by atoms with van der Waals surface area (Å²) >= 11 is 0. The molecule has 0 bridgehead atoms. The van der Waals surface area contributed by atoms with Gasteiger partial charge in [-0.1, -0.05) is 18.2 Å². The Labute approximate surface area is 186 Å². The van der Waals surface area contributed by atoms with Crippen LogP contribution < -0.4 is 5.32 Å². The van der Waals surface area contributed by atoms with Crippen molar-refractivity contribution in [2.45, 2.75) is 25.0 Å². The van der Waals surface area contributed by atoms with E-state index in [1.807, 2.05) is 53.3 Å². The molecule has 7 heteroatoms. The number of anilines is 2. The molecule has 5 rings (SSSR count). The van der Waals surface area contributed by atoms with Crippen LogP contribution in [0.1, 0.15) is 23.2 Å². The third kappa shape index (κ3) is 4.20. The van der Waals surface area contributed by atoms with Gasteiger partial charge < -0.3 is 15.3 Å². The van der Waals surface area contributed by atoms with E-state index >= 15 is 0 Å². The number of nitrogens with one attached hydrogen (secondary N) is 1. The Kier molecular flexibility index (Phi) is 5.33. The molecule has 2 aromatic carbocycles. The highest BCUT2D eigenvalue weighted by Crippen LogP contribution is 2.28. The highest BCUT2D eigenvalue weighted by atomic mass is 16.3. The van der Waals surface area contributed by atoms with E-state index in [1.165, 1.54) is 0 Å². The summed E-state index contributed by atoms with van der Waals surface area (Å²) < 4.78 is 1.86. The van der Waals surface area contributed by atoms with Crippen LogP contribution >= 0.6 is 0 Å². The number of carbonyl (C=O) groups is 1. The van der Waals surface area contributed by atoms with Crippen LogP contribution in [0, 0.1) is 0 Å². The molecule has 3 heterocycles. The van der Waals surface area contributed by atoms with Crippen molar-refractivity contribution in [2.75, 3.05) is 18.4 Å². The number of hydrogen-bond donors (Lipinski definition) is 2. The van der Waals surface area contributed by atoms with Crippen LogP contribution in [0.25, 0.3) is 10.9 Å². The van der Waals surface area contributed by atoms with Crippen molar-refractivity contribution in [3.8, 4) is 0 Å². The van der Waals surface area contributed by atoms with Gasteiger partial charge in [-0.15, -0.1) is 0 Å². The second kappa shape index (κ2) is 8.43. The summed E-state index contributed by atoms with van der Waals surface area (Å²) in [5.41, 5.74) is 2.68. The first-order valence-electron chi connectivity index (χ1n) is 10.8. The van der Waals surface area contributed by atoms with Gasteiger partial charge in [0.05, 0.1) is 29.4 Å². The van der Waals surface area contributed by atoms with Crippen molar-refractivity contribution in [3.63, 3.8) is 0 Å². The predicted molar refractivity (Wildman–Crippen MR) is 124 cm³/mol. The molecule has 1 fully saturated rings. The van der Waals surface area contributed by atoms with Gasteiger partial charge in [-0.3, -0.25) is 14.5 Å². The molecule has 0 radical (unpaired) electrons. The number of benzene rings is 2. The average Bonchev–Trinajstić information content (AvgIpc) is 3.21. The lowest BCUT2D eigenvalue weighted by Crippen LogP contribution is -2.48. The molecular formula is C25H25N5O2. The van der Waals surface area contributed by atoms with Crippen LogP contribution in [-0.2, 0) is 6.54 Å². The third-order valence-electron chi connectivity index (χ3n) is 6.04. The Hall–Kier alpha value is -3.71. The fourth-order valence-electron chi connectivity index (χ4n) is 4.21. The van der Waals surface area contributed by atoms with E-state index in [2.05, 4.69) is 21.5 Å². The second-order valence-corrected chi connectivity index (χ2v) is 8.33. The molecule has 1 amide bonds. The predicted octanol–water partition coefficient (Wildman–Crippen LogP) is 3.84. The number of para-hydroxylation sites is 1. The topological polar surface area (TPSA) is 83.3 Å². The van der Waals surface area contributed by atoms with E-state index in [-0.39, 0.29) is 5.91 Å². The molecule has 0 spiro atoms. The van der Waals surface area contributed by atoms with Gasteiger partial charge in [-0.25, -0.2) is 0 Å². The van der Waals surface area contributed by atoms with Crippen molar-refractivity contribution in [2.24, 2.45) is 0 Å². The minimum atomic E-state index is -0.897. The van der Waals surface area contributed by atoms with Crippen molar-refractivity contribution < 1.29 is 9.90 Å². The van der Waals surface area contributed by atoms with Crippen molar-refractivity contribution in [1.82, 2.24) is 19.7 Å². The summed E-state index contributed by atoms with van der Waals surface area (Å²) in [5.74, 6) is -0.0388. The molecular weight excluding hydrogens is 402 g/mol. The molecule has 32 heavy (non-hydrogen) atoms. The first-order chi connectivity index (χ1) is 15.6. The Morgan fingerprint density at radius 2 is 1.81 bits per heavy atom. The largest absolute Gasteiger partial charge is 0.388 e.